The zero-order valence-corrected chi connectivity index (χ0v) is 12.2. The van der Waals surface area contributed by atoms with Gasteiger partial charge in [0.25, 0.3) is 0 Å². The van der Waals surface area contributed by atoms with Gasteiger partial charge >= 0.3 is 0 Å². The first kappa shape index (κ1) is 15.8. The number of benzene rings is 1. The Hall–Kier alpha value is -1.29. The Morgan fingerprint density at radius 3 is 2.63 bits per heavy atom. The molecule has 0 amide bonds. The summed E-state index contributed by atoms with van der Waals surface area (Å²) in [4.78, 5) is 2.41. The molecule has 0 saturated heterocycles. The van der Waals surface area contributed by atoms with Crippen molar-refractivity contribution in [2.75, 3.05) is 30.7 Å². The van der Waals surface area contributed by atoms with Crippen molar-refractivity contribution in [1.29, 1.82) is 0 Å². The number of hydrogen-bond acceptors (Lipinski definition) is 3. The number of hydrogen-bond donors (Lipinski definition) is 2. The lowest BCUT2D eigenvalue weighted by Crippen LogP contribution is -2.25. The van der Waals surface area contributed by atoms with Crippen molar-refractivity contribution in [1.82, 2.24) is 4.90 Å². The van der Waals surface area contributed by atoms with Gasteiger partial charge in [-0.2, -0.15) is 0 Å². The first-order valence-corrected chi connectivity index (χ1v) is 7.10. The fourth-order valence-corrected chi connectivity index (χ4v) is 2.15. The molecule has 0 aliphatic rings. The summed E-state index contributed by atoms with van der Waals surface area (Å²) in [6, 6.07) is 4.72. The van der Waals surface area contributed by atoms with Gasteiger partial charge in [0.1, 0.15) is 5.82 Å². The highest BCUT2D eigenvalue weighted by Gasteiger charge is 2.07. The molecule has 0 radical (unpaired) electrons. The maximum atomic E-state index is 13.1. The molecule has 0 aliphatic heterocycles. The SMILES string of the molecule is CCN(CC)CCCC(C)Nc1cc(F)ccc1N. The van der Waals surface area contributed by atoms with E-state index in [2.05, 4.69) is 31.0 Å². The number of nitrogen functional groups attached to an aromatic ring is 1. The lowest BCUT2D eigenvalue weighted by atomic mass is 10.1. The van der Waals surface area contributed by atoms with Gasteiger partial charge in [0.15, 0.2) is 0 Å². The van der Waals surface area contributed by atoms with Gasteiger partial charge in [0.05, 0.1) is 11.4 Å². The molecule has 0 spiro atoms. The third-order valence-corrected chi connectivity index (χ3v) is 3.42. The van der Waals surface area contributed by atoms with Crippen LogP contribution >= 0.6 is 0 Å². The van der Waals surface area contributed by atoms with Gasteiger partial charge in [-0.3, -0.25) is 0 Å². The number of rotatable bonds is 8. The molecule has 0 bridgehead atoms. The Morgan fingerprint density at radius 1 is 1.32 bits per heavy atom. The van der Waals surface area contributed by atoms with Crippen molar-refractivity contribution in [3.8, 4) is 0 Å². The van der Waals surface area contributed by atoms with Gasteiger partial charge in [-0.1, -0.05) is 13.8 Å². The van der Waals surface area contributed by atoms with Crippen LogP contribution in [0.1, 0.15) is 33.6 Å². The summed E-state index contributed by atoms with van der Waals surface area (Å²) >= 11 is 0. The van der Waals surface area contributed by atoms with Crippen molar-refractivity contribution >= 4 is 11.4 Å². The fraction of sp³-hybridized carbons (Fsp3) is 0.600. The summed E-state index contributed by atoms with van der Waals surface area (Å²) < 4.78 is 13.1. The standard InChI is InChI=1S/C15H26FN3/c1-4-19(5-2)10-6-7-12(3)18-15-11-13(16)8-9-14(15)17/h8-9,11-12,18H,4-7,10,17H2,1-3H3. The minimum atomic E-state index is -0.257. The number of nitrogens with two attached hydrogens (primary N) is 1. The molecule has 1 aromatic carbocycles. The van der Waals surface area contributed by atoms with Gasteiger partial charge < -0.3 is 16.0 Å². The van der Waals surface area contributed by atoms with Gasteiger partial charge in [-0.15, -0.1) is 0 Å². The van der Waals surface area contributed by atoms with E-state index in [0.717, 1.165) is 32.5 Å². The van der Waals surface area contributed by atoms with Crippen LogP contribution in [-0.4, -0.2) is 30.6 Å². The molecule has 0 aliphatic carbocycles. The maximum Gasteiger partial charge on any atom is 0.125 e. The number of nitrogens with one attached hydrogen (secondary N) is 1. The van der Waals surface area contributed by atoms with Gasteiger partial charge in [-0.05, 0) is 57.6 Å². The maximum absolute atomic E-state index is 13.1. The third-order valence-electron chi connectivity index (χ3n) is 3.42. The van der Waals surface area contributed by atoms with Crippen molar-refractivity contribution in [3.63, 3.8) is 0 Å². The van der Waals surface area contributed by atoms with E-state index >= 15 is 0 Å². The second kappa shape index (κ2) is 8.00. The molecule has 19 heavy (non-hydrogen) atoms. The van der Waals surface area contributed by atoms with E-state index in [9.17, 15) is 4.39 Å². The van der Waals surface area contributed by atoms with Crippen LogP contribution in [0.25, 0.3) is 0 Å². The molecule has 0 fully saturated rings. The summed E-state index contributed by atoms with van der Waals surface area (Å²) in [5, 5.41) is 3.28. The summed E-state index contributed by atoms with van der Waals surface area (Å²) in [5.74, 6) is -0.257. The lowest BCUT2D eigenvalue weighted by Gasteiger charge is -2.20. The van der Waals surface area contributed by atoms with Crippen molar-refractivity contribution in [2.24, 2.45) is 0 Å². The normalized spacial score (nSPS) is 12.7. The summed E-state index contributed by atoms with van der Waals surface area (Å²) in [6.45, 7) is 9.76. The van der Waals surface area contributed by atoms with Crippen molar-refractivity contribution < 1.29 is 4.39 Å². The second-order valence-corrected chi connectivity index (χ2v) is 4.95. The minimum Gasteiger partial charge on any atom is -0.397 e. The Labute approximate surface area is 116 Å². The molecule has 1 unspecified atom stereocenters. The van der Waals surface area contributed by atoms with E-state index in [-0.39, 0.29) is 5.82 Å². The molecule has 0 heterocycles. The van der Waals surface area contributed by atoms with Crippen LogP contribution < -0.4 is 11.1 Å². The molecule has 1 rings (SSSR count). The Kier molecular flexibility index (Phi) is 6.64. The molecule has 1 atom stereocenters. The zero-order valence-electron chi connectivity index (χ0n) is 12.2. The van der Waals surface area contributed by atoms with Gasteiger partial charge in [0, 0.05) is 6.04 Å². The predicted octanol–water partition coefficient (Wildman–Crippen LogP) is 3.33. The molecule has 108 valence electrons. The Bertz CT molecular complexity index is 378. The molecule has 4 heteroatoms. The van der Waals surface area contributed by atoms with E-state index in [1.807, 2.05) is 0 Å². The molecular weight excluding hydrogens is 241 g/mol. The summed E-state index contributed by atoms with van der Waals surface area (Å²) in [5.41, 5.74) is 7.10. The van der Waals surface area contributed by atoms with Crippen LogP contribution in [0.3, 0.4) is 0 Å². The van der Waals surface area contributed by atoms with E-state index in [0.29, 0.717) is 17.4 Å². The highest BCUT2D eigenvalue weighted by Crippen LogP contribution is 2.20. The smallest absolute Gasteiger partial charge is 0.125 e. The second-order valence-electron chi connectivity index (χ2n) is 4.95. The monoisotopic (exact) mass is 267 g/mol. The van der Waals surface area contributed by atoms with Crippen molar-refractivity contribution in [2.45, 2.75) is 39.7 Å². The third kappa shape index (κ3) is 5.47. The average molecular weight is 267 g/mol. The minimum absolute atomic E-state index is 0.257. The van der Waals surface area contributed by atoms with Crippen LogP contribution in [0.4, 0.5) is 15.8 Å². The quantitative estimate of drug-likeness (QED) is 0.710. The molecule has 3 nitrogen and oxygen atoms in total. The molecular formula is C15H26FN3. The molecule has 0 aromatic heterocycles. The van der Waals surface area contributed by atoms with Crippen LogP contribution in [0.5, 0.6) is 0 Å². The van der Waals surface area contributed by atoms with Gasteiger partial charge in [0.2, 0.25) is 0 Å². The summed E-state index contributed by atoms with van der Waals surface area (Å²) in [6.07, 6.45) is 2.18. The van der Waals surface area contributed by atoms with Crippen LogP contribution in [0.15, 0.2) is 18.2 Å². The molecule has 3 N–H and O–H groups in total. The van der Waals surface area contributed by atoms with E-state index in [1.54, 1.807) is 6.07 Å². The zero-order chi connectivity index (χ0) is 14.3. The van der Waals surface area contributed by atoms with Crippen LogP contribution in [0, 0.1) is 5.82 Å². The Balaban J connectivity index is 2.38. The molecule has 1 aromatic rings. The van der Waals surface area contributed by atoms with Crippen LogP contribution in [0.2, 0.25) is 0 Å². The van der Waals surface area contributed by atoms with Crippen molar-refractivity contribution in [3.05, 3.63) is 24.0 Å². The topological polar surface area (TPSA) is 41.3 Å². The number of nitrogens with zero attached hydrogens (tertiary/aromatic N) is 1. The van der Waals surface area contributed by atoms with E-state index in [1.165, 1.54) is 12.1 Å². The van der Waals surface area contributed by atoms with Gasteiger partial charge in [-0.25, -0.2) is 4.39 Å². The average Bonchev–Trinajstić information content (AvgIpc) is 2.39. The molecule has 0 saturated carbocycles. The van der Waals surface area contributed by atoms with E-state index in [4.69, 9.17) is 5.73 Å². The number of halogens is 1. The highest BCUT2D eigenvalue weighted by atomic mass is 19.1. The Morgan fingerprint density at radius 2 is 2.00 bits per heavy atom. The highest BCUT2D eigenvalue weighted by molar-refractivity contribution is 5.66. The first-order valence-electron chi connectivity index (χ1n) is 7.10. The first-order chi connectivity index (χ1) is 9.06. The largest absolute Gasteiger partial charge is 0.397 e. The summed E-state index contributed by atoms with van der Waals surface area (Å²) in [7, 11) is 0. The fourth-order valence-electron chi connectivity index (χ4n) is 2.15. The lowest BCUT2D eigenvalue weighted by molar-refractivity contribution is 0.295. The predicted molar refractivity (Wildman–Crippen MR) is 80.9 cm³/mol. The number of anilines is 2. The van der Waals surface area contributed by atoms with E-state index < -0.39 is 0 Å². The van der Waals surface area contributed by atoms with Crippen LogP contribution in [-0.2, 0) is 0 Å².